The summed E-state index contributed by atoms with van der Waals surface area (Å²) in [4.78, 5) is 23.9. The highest BCUT2D eigenvalue weighted by Gasteiger charge is 2.12. The predicted octanol–water partition coefficient (Wildman–Crippen LogP) is 1.56. The lowest BCUT2D eigenvalue weighted by atomic mass is 10.2. The van der Waals surface area contributed by atoms with Gasteiger partial charge in [0.15, 0.2) is 5.82 Å². The number of aromatic nitrogens is 3. The minimum absolute atomic E-state index is 0.0104. The molecule has 0 aliphatic heterocycles. The summed E-state index contributed by atoms with van der Waals surface area (Å²) >= 11 is 0. The van der Waals surface area contributed by atoms with Crippen LogP contribution in [0.1, 0.15) is 26.2 Å². The average Bonchev–Trinajstić information content (AvgIpc) is 2.88. The number of unbranched alkanes of at least 4 members (excludes halogenated alkanes) is 1. The molecule has 0 aliphatic carbocycles. The van der Waals surface area contributed by atoms with Crippen LogP contribution in [0.2, 0.25) is 0 Å². The van der Waals surface area contributed by atoms with Crippen LogP contribution in [0.5, 0.6) is 5.75 Å². The van der Waals surface area contributed by atoms with Gasteiger partial charge in [0.25, 0.3) is 0 Å². The van der Waals surface area contributed by atoms with Gasteiger partial charge in [-0.3, -0.25) is 9.36 Å². The number of rotatable bonds is 8. The minimum atomic E-state index is -0.205. The van der Waals surface area contributed by atoms with Crippen molar-refractivity contribution in [3.63, 3.8) is 0 Å². The van der Waals surface area contributed by atoms with E-state index in [0.717, 1.165) is 24.2 Å². The first-order valence-corrected chi connectivity index (χ1v) is 8.11. The van der Waals surface area contributed by atoms with E-state index >= 15 is 0 Å². The van der Waals surface area contributed by atoms with Crippen LogP contribution in [0.3, 0.4) is 0 Å². The Morgan fingerprint density at radius 1 is 1.29 bits per heavy atom. The first kappa shape index (κ1) is 17.8. The molecule has 0 saturated carbocycles. The summed E-state index contributed by atoms with van der Waals surface area (Å²) in [5.74, 6) is 1.34. The van der Waals surface area contributed by atoms with Crippen molar-refractivity contribution in [1.29, 1.82) is 0 Å². The molecule has 130 valence electrons. The van der Waals surface area contributed by atoms with Crippen LogP contribution >= 0.6 is 0 Å². The number of hydrogen-bond donors (Lipinski definition) is 1. The molecule has 0 fully saturated rings. The molecule has 24 heavy (non-hydrogen) atoms. The first-order valence-electron chi connectivity index (χ1n) is 8.11. The van der Waals surface area contributed by atoms with Crippen molar-refractivity contribution in [1.82, 2.24) is 19.7 Å². The van der Waals surface area contributed by atoms with Gasteiger partial charge in [-0.2, -0.15) is 0 Å². The summed E-state index contributed by atoms with van der Waals surface area (Å²) in [6.45, 7) is 2.78. The quantitative estimate of drug-likeness (QED) is 0.796. The van der Waals surface area contributed by atoms with Gasteiger partial charge < -0.3 is 10.1 Å². The lowest BCUT2D eigenvalue weighted by Crippen LogP contribution is -2.31. The van der Waals surface area contributed by atoms with Crippen LogP contribution in [-0.4, -0.2) is 33.9 Å². The summed E-state index contributed by atoms with van der Waals surface area (Å²) < 4.78 is 8.01. The zero-order chi connectivity index (χ0) is 17.5. The number of benzene rings is 1. The summed E-state index contributed by atoms with van der Waals surface area (Å²) in [6, 6.07) is 7.37. The molecule has 1 aromatic heterocycles. The Hall–Kier alpha value is -2.57. The summed E-state index contributed by atoms with van der Waals surface area (Å²) in [5.41, 5.74) is 0.629. The van der Waals surface area contributed by atoms with Gasteiger partial charge in [-0.1, -0.05) is 13.3 Å². The van der Waals surface area contributed by atoms with Crippen LogP contribution in [0.15, 0.2) is 29.1 Å². The summed E-state index contributed by atoms with van der Waals surface area (Å²) in [5, 5.41) is 7.18. The van der Waals surface area contributed by atoms with Crippen LogP contribution in [-0.2, 0) is 18.4 Å². The molecule has 0 saturated heterocycles. The maximum absolute atomic E-state index is 12.3. The number of methoxy groups -OCH3 is 1. The van der Waals surface area contributed by atoms with Crippen LogP contribution in [0.4, 0.5) is 0 Å². The van der Waals surface area contributed by atoms with Gasteiger partial charge in [-0.25, -0.2) is 9.48 Å². The fraction of sp³-hybridized carbons (Fsp3) is 0.471. The van der Waals surface area contributed by atoms with E-state index in [9.17, 15) is 9.59 Å². The van der Waals surface area contributed by atoms with Crippen LogP contribution in [0.25, 0.3) is 11.4 Å². The maximum atomic E-state index is 12.3. The monoisotopic (exact) mass is 332 g/mol. The van der Waals surface area contributed by atoms with E-state index in [1.165, 1.54) is 9.25 Å². The van der Waals surface area contributed by atoms with Gasteiger partial charge >= 0.3 is 5.69 Å². The number of nitrogens with one attached hydrogen (secondary N) is 1. The van der Waals surface area contributed by atoms with Gasteiger partial charge in [0.2, 0.25) is 5.91 Å². The number of nitrogens with zero attached hydrogens (tertiary/aromatic N) is 3. The van der Waals surface area contributed by atoms with Crippen molar-refractivity contribution in [2.24, 2.45) is 7.05 Å². The number of carbonyl (C=O) groups is 1. The lowest BCUT2D eigenvalue weighted by molar-refractivity contribution is -0.121. The van der Waals surface area contributed by atoms with E-state index < -0.39 is 0 Å². The lowest BCUT2D eigenvalue weighted by Gasteiger charge is -2.04. The fourth-order valence-electron chi connectivity index (χ4n) is 2.35. The molecule has 1 N–H and O–H groups in total. The highest BCUT2D eigenvalue weighted by atomic mass is 16.5. The third-order valence-corrected chi connectivity index (χ3v) is 3.79. The Morgan fingerprint density at radius 3 is 2.62 bits per heavy atom. The number of amides is 1. The predicted molar refractivity (Wildman–Crippen MR) is 92.0 cm³/mol. The number of hydrogen-bond acceptors (Lipinski definition) is 4. The summed E-state index contributed by atoms with van der Waals surface area (Å²) in [6.07, 6.45) is 2.38. The normalized spacial score (nSPS) is 10.6. The first-order chi connectivity index (χ1) is 11.6. The molecule has 0 atom stereocenters. The Labute approximate surface area is 141 Å². The second kappa shape index (κ2) is 8.33. The summed E-state index contributed by atoms with van der Waals surface area (Å²) in [7, 11) is 3.29. The highest BCUT2D eigenvalue weighted by molar-refractivity contribution is 5.75. The SMILES string of the molecule is CCCCC(=O)NCCn1nc(-c2ccc(OC)cc2)n(C)c1=O. The molecule has 0 spiro atoms. The average molecular weight is 332 g/mol. The molecular formula is C17H24N4O3. The fourth-order valence-corrected chi connectivity index (χ4v) is 2.35. The molecule has 7 nitrogen and oxygen atoms in total. The standard InChI is InChI=1S/C17H24N4O3/c1-4-5-6-15(22)18-11-12-21-17(23)20(2)16(19-21)13-7-9-14(24-3)10-8-13/h7-10H,4-6,11-12H2,1-3H3,(H,18,22). The molecule has 1 amide bonds. The van der Waals surface area contributed by atoms with Gasteiger partial charge in [0, 0.05) is 25.6 Å². The van der Waals surface area contributed by atoms with Gasteiger partial charge in [-0.15, -0.1) is 5.10 Å². The molecule has 0 bridgehead atoms. The third kappa shape index (κ3) is 4.24. The molecule has 0 aliphatic rings. The van der Waals surface area contributed by atoms with Gasteiger partial charge in [0.1, 0.15) is 5.75 Å². The molecule has 7 heteroatoms. The Bertz CT molecular complexity index is 731. The molecule has 1 aromatic carbocycles. The van der Waals surface area contributed by atoms with Crippen molar-refractivity contribution >= 4 is 5.91 Å². The topological polar surface area (TPSA) is 78.2 Å². The van der Waals surface area contributed by atoms with E-state index in [0.29, 0.717) is 25.3 Å². The number of carbonyl (C=O) groups excluding carboxylic acids is 1. The van der Waals surface area contributed by atoms with Crippen LogP contribution < -0.4 is 15.7 Å². The second-order valence-electron chi connectivity index (χ2n) is 5.57. The van der Waals surface area contributed by atoms with E-state index in [1.807, 2.05) is 31.2 Å². The minimum Gasteiger partial charge on any atom is -0.497 e. The molecule has 0 unspecified atom stereocenters. The Kier molecular flexibility index (Phi) is 6.17. The molecule has 2 aromatic rings. The second-order valence-corrected chi connectivity index (χ2v) is 5.57. The van der Waals surface area contributed by atoms with Gasteiger partial charge in [-0.05, 0) is 30.7 Å². The largest absolute Gasteiger partial charge is 0.497 e. The van der Waals surface area contributed by atoms with E-state index in [-0.39, 0.29) is 11.6 Å². The maximum Gasteiger partial charge on any atom is 0.345 e. The molecular weight excluding hydrogens is 308 g/mol. The van der Waals surface area contributed by atoms with E-state index in [1.54, 1.807) is 14.2 Å². The number of ether oxygens (including phenoxy) is 1. The zero-order valence-corrected chi connectivity index (χ0v) is 14.4. The van der Waals surface area contributed by atoms with Gasteiger partial charge in [0.05, 0.1) is 13.7 Å². The third-order valence-electron chi connectivity index (χ3n) is 3.79. The molecule has 0 radical (unpaired) electrons. The van der Waals surface area contributed by atoms with Crippen molar-refractivity contribution in [3.05, 3.63) is 34.7 Å². The van der Waals surface area contributed by atoms with E-state index in [2.05, 4.69) is 10.4 Å². The van der Waals surface area contributed by atoms with Crippen molar-refractivity contribution in [3.8, 4) is 17.1 Å². The van der Waals surface area contributed by atoms with Crippen molar-refractivity contribution in [2.75, 3.05) is 13.7 Å². The molecule has 2 rings (SSSR count). The smallest absolute Gasteiger partial charge is 0.345 e. The Balaban J connectivity index is 2.05. The van der Waals surface area contributed by atoms with E-state index in [4.69, 9.17) is 4.74 Å². The van der Waals surface area contributed by atoms with Crippen molar-refractivity contribution < 1.29 is 9.53 Å². The Morgan fingerprint density at radius 2 is 2.00 bits per heavy atom. The van der Waals surface area contributed by atoms with Crippen LogP contribution in [0, 0.1) is 0 Å². The van der Waals surface area contributed by atoms with Crippen molar-refractivity contribution in [2.45, 2.75) is 32.7 Å². The molecule has 1 heterocycles. The highest BCUT2D eigenvalue weighted by Crippen LogP contribution is 2.19. The zero-order valence-electron chi connectivity index (χ0n) is 14.4.